The number of aliphatic hydroxyl groups is 1. The Labute approximate surface area is 124 Å². The van der Waals surface area contributed by atoms with Crippen LogP contribution in [0.25, 0.3) is 0 Å². The van der Waals surface area contributed by atoms with Crippen LogP contribution in [0, 0.1) is 0 Å². The Bertz CT molecular complexity index is 769. The van der Waals surface area contributed by atoms with Crippen LogP contribution >= 0.6 is 0 Å². The molecule has 3 rings (SSSR count). The van der Waals surface area contributed by atoms with E-state index >= 15 is 0 Å². The summed E-state index contributed by atoms with van der Waals surface area (Å²) in [7, 11) is 0. The van der Waals surface area contributed by atoms with Crippen LogP contribution in [0.1, 0.15) is 22.0 Å². The molecular formula is C15H12O7. The van der Waals surface area contributed by atoms with Crippen molar-refractivity contribution in [3.8, 4) is 28.7 Å². The van der Waals surface area contributed by atoms with E-state index in [1.54, 1.807) is 0 Å². The second-order valence-electron chi connectivity index (χ2n) is 4.90. The number of carbonyl (C=O) groups is 1. The Hall–Kier alpha value is -2.93. The Balaban J connectivity index is 2.10. The van der Waals surface area contributed by atoms with Gasteiger partial charge >= 0.3 is 0 Å². The van der Waals surface area contributed by atoms with Gasteiger partial charge in [-0.2, -0.15) is 0 Å². The molecular weight excluding hydrogens is 292 g/mol. The highest BCUT2D eigenvalue weighted by molar-refractivity contribution is 6.03. The molecule has 1 heterocycles. The third-order valence-corrected chi connectivity index (χ3v) is 3.51. The molecule has 2 aromatic carbocycles. The fraction of sp³-hybridized carbons (Fsp3) is 0.133. The van der Waals surface area contributed by atoms with Gasteiger partial charge in [0.15, 0.2) is 29.5 Å². The number of hydrogen-bond acceptors (Lipinski definition) is 7. The average Bonchev–Trinajstić information content (AvgIpc) is 2.49. The van der Waals surface area contributed by atoms with E-state index in [0.29, 0.717) is 0 Å². The molecule has 5 N–H and O–H groups in total. The minimum absolute atomic E-state index is 0.0484. The summed E-state index contributed by atoms with van der Waals surface area (Å²) < 4.78 is 5.47. The fourth-order valence-electron chi connectivity index (χ4n) is 2.36. The van der Waals surface area contributed by atoms with Gasteiger partial charge in [-0.1, -0.05) is 0 Å². The van der Waals surface area contributed by atoms with E-state index < -0.39 is 35.2 Å². The molecule has 114 valence electrons. The van der Waals surface area contributed by atoms with Crippen LogP contribution in [-0.4, -0.2) is 37.4 Å². The molecule has 7 heteroatoms. The molecule has 0 saturated carbocycles. The van der Waals surface area contributed by atoms with Gasteiger partial charge < -0.3 is 30.3 Å². The summed E-state index contributed by atoms with van der Waals surface area (Å²) in [6.45, 7) is 0. The second-order valence-corrected chi connectivity index (χ2v) is 4.90. The highest BCUT2D eigenvalue weighted by Gasteiger charge is 2.39. The quantitative estimate of drug-likeness (QED) is 0.501. The molecule has 2 aromatic rings. The predicted molar refractivity (Wildman–Crippen MR) is 73.2 cm³/mol. The molecule has 1 aliphatic heterocycles. The lowest BCUT2D eigenvalue weighted by Gasteiger charge is -2.30. The second kappa shape index (κ2) is 4.81. The molecule has 0 amide bonds. The summed E-state index contributed by atoms with van der Waals surface area (Å²) >= 11 is 0. The van der Waals surface area contributed by atoms with Crippen molar-refractivity contribution in [1.29, 1.82) is 0 Å². The molecule has 0 spiro atoms. The van der Waals surface area contributed by atoms with Gasteiger partial charge in [-0.05, 0) is 24.3 Å². The van der Waals surface area contributed by atoms with Crippen molar-refractivity contribution >= 4 is 5.78 Å². The molecule has 0 saturated heterocycles. The first-order valence-corrected chi connectivity index (χ1v) is 6.36. The maximum absolute atomic E-state index is 12.2. The molecule has 2 atom stereocenters. The van der Waals surface area contributed by atoms with Crippen LogP contribution in [0.15, 0.2) is 30.3 Å². The van der Waals surface area contributed by atoms with Crippen molar-refractivity contribution in [1.82, 2.24) is 0 Å². The van der Waals surface area contributed by atoms with Crippen LogP contribution in [-0.2, 0) is 0 Å². The first kappa shape index (κ1) is 14.0. The summed E-state index contributed by atoms with van der Waals surface area (Å²) in [4.78, 5) is 12.2. The van der Waals surface area contributed by atoms with Gasteiger partial charge in [0.1, 0.15) is 11.5 Å². The zero-order chi connectivity index (χ0) is 16.0. The normalized spacial score (nSPS) is 20.3. The first-order chi connectivity index (χ1) is 10.4. The number of hydrogen-bond donors (Lipinski definition) is 5. The lowest BCUT2D eigenvalue weighted by atomic mass is 9.92. The maximum atomic E-state index is 12.2. The standard InChI is InChI=1S/C15H12O7/c16-6-1-2-7-10(5-6)22-15(14(21)11(7)18)8-3-4-9(17)13(20)12(8)19/h1-5,14-17,19-21H. The van der Waals surface area contributed by atoms with Crippen molar-refractivity contribution in [2.24, 2.45) is 0 Å². The van der Waals surface area contributed by atoms with Crippen molar-refractivity contribution in [3.05, 3.63) is 41.5 Å². The minimum Gasteiger partial charge on any atom is -0.508 e. The van der Waals surface area contributed by atoms with Crippen molar-refractivity contribution in [3.63, 3.8) is 0 Å². The molecule has 0 aromatic heterocycles. The van der Waals surface area contributed by atoms with Crippen molar-refractivity contribution in [2.75, 3.05) is 0 Å². The number of phenols is 4. The summed E-state index contributed by atoms with van der Waals surface area (Å²) in [6.07, 6.45) is -2.89. The minimum atomic E-state index is -1.60. The lowest BCUT2D eigenvalue weighted by molar-refractivity contribution is 0.0206. The smallest absolute Gasteiger partial charge is 0.200 e. The molecule has 0 radical (unpaired) electrons. The van der Waals surface area contributed by atoms with Gasteiger partial charge in [0.25, 0.3) is 0 Å². The van der Waals surface area contributed by atoms with E-state index in [0.717, 1.165) is 6.07 Å². The van der Waals surface area contributed by atoms with E-state index in [2.05, 4.69) is 0 Å². The van der Waals surface area contributed by atoms with E-state index in [4.69, 9.17) is 4.74 Å². The Morgan fingerprint density at radius 1 is 0.955 bits per heavy atom. The van der Waals surface area contributed by atoms with E-state index in [1.807, 2.05) is 0 Å². The van der Waals surface area contributed by atoms with Crippen LogP contribution in [0.2, 0.25) is 0 Å². The third kappa shape index (κ3) is 1.99. The van der Waals surface area contributed by atoms with Crippen molar-refractivity contribution in [2.45, 2.75) is 12.2 Å². The number of fused-ring (bicyclic) bond motifs is 1. The summed E-state index contributed by atoms with van der Waals surface area (Å²) in [5.41, 5.74) is 0.0363. The van der Waals surface area contributed by atoms with Gasteiger partial charge in [-0.3, -0.25) is 4.79 Å². The van der Waals surface area contributed by atoms with E-state index in [9.17, 15) is 30.3 Å². The van der Waals surface area contributed by atoms with Gasteiger partial charge in [0.2, 0.25) is 5.75 Å². The fourth-order valence-corrected chi connectivity index (χ4v) is 2.36. The molecule has 7 nitrogen and oxygen atoms in total. The molecule has 0 aliphatic carbocycles. The lowest BCUT2D eigenvalue weighted by Crippen LogP contribution is -2.36. The summed E-state index contributed by atoms with van der Waals surface area (Å²) in [5.74, 6) is -2.73. The number of ketones is 1. The van der Waals surface area contributed by atoms with E-state index in [1.165, 1.54) is 24.3 Å². The molecule has 2 unspecified atom stereocenters. The zero-order valence-electron chi connectivity index (χ0n) is 11.1. The number of ether oxygens (including phenoxy) is 1. The molecule has 0 bridgehead atoms. The van der Waals surface area contributed by atoms with Crippen molar-refractivity contribution < 1.29 is 35.1 Å². The highest BCUT2D eigenvalue weighted by atomic mass is 16.5. The largest absolute Gasteiger partial charge is 0.508 e. The number of phenolic OH excluding ortho intramolecular Hbond substituents is 4. The molecule has 0 fully saturated rings. The predicted octanol–water partition coefficient (Wildman–Crippen LogP) is 1.19. The number of Topliss-reactive ketones (excluding diaryl/α,β-unsaturated/α-hetero) is 1. The van der Waals surface area contributed by atoms with E-state index in [-0.39, 0.29) is 22.6 Å². The molecule has 22 heavy (non-hydrogen) atoms. The third-order valence-electron chi connectivity index (χ3n) is 3.51. The number of rotatable bonds is 1. The summed E-state index contributed by atoms with van der Waals surface area (Å²) in [6, 6.07) is 6.14. The van der Waals surface area contributed by atoms with Gasteiger partial charge in [0, 0.05) is 11.6 Å². The average molecular weight is 304 g/mol. The number of aliphatic hydroxyl groups excluding tert-OH is 1. The molecule has 1 aliphatic rings. The SMILES string of the molecule is O=C1c2ccc(O)cc2OC(c2ccc(O)c(O)c2O)C1O. The van der Waals surface area contributed by atoms with Crippen LogP contribution in [0.4, 0.5) is 0 Å². The maximum Gasteiger partial charge on any atom is 0.200 e. The van der Waals surface area contributed by atoms with Crippen LogP contribution in [0.5, 0.6) is 28.7 Å². The van der Waals surface area contributed by atoms with Gasteiger partial charge in [-0.25, -0.2) is 0 Å². The topological polar surface area (TPSA) is 127 Å². The monoisotopic (exact) mass is 304 g/mol. The van der Waals surface area contributed by atoms with Gasteiger partial charge in [0.05, 0.1) is 5.56 Å². The summed E-state index contributed by atoms with van der Waals surface area (Å²) in [5, 5.41) is 48.3. The van der Waals surface area contributed by atoms with Gasteiger partial charge in [-0.15, -0.1) is 0 Å². The van der Waals surface area contributed by atoms with Crippen LogP contribution < -0.4 is 4.74 Å². The number of carbonyl (C=O) groups excluding carboxylic acids is 1. The number of benzene rings is 2. The first-order valence-electron chi connectivity index (χ1n) is 6.36. The highest BCUT2D eigenvalue weighted by Crippen LogP contribution is 2.44. The Kier molecular flexibility index (Phi) is 3.07. The Morgan fingerprint density at radius 3 is 2.41 bits per heavy atom. The zero-order valence-corrected chi connectivity index (χ0v) is 11.1. The number of aromatic hydroxyl groups is 4. The van der Waals surface area contributed by atoms with Crippen LogP contribution in [0.3, 0.4) is 0 Å². The Morgan fingerprint density at radius 2 is 1.68 bits per heavy atom.